The third-order valence-corrected chi connectivity index (χ3v) is 7.67. The topological polar surface area (TPSA) is 146 Å². The number of aromatic nitrogens is 3. The third kappa shape index (κ3) is 17.9. The lowest BCUT2D eigenvalue weighted by atomic mass is 10.0. The maximum Gasteiger partial charge on any atom is 0.328 e. The van der Waals surface area contributed by atoms with Crippen LogP contribution in [0.3, 0.4) is 0 Å². The number of hydrogen-bond acceptors (Lipinski definition) is 7. The highest BCUT2D eigenvalue weighted by molar-refractivity contribution is 7.99. The number of unbranched alkanes of at least 4 members (excludes halogenated alkanes) is 13. The van der Waals surface area contributed by atoms with Crippen LogP contribution >= 0.6 is 11.8 Å². The van der Waals surface area contributed by atoms with Gasteiger partial charge in [0.1, 0.15) is 12.1 Å². The second-order valence-corrected chi connectivity index (χ2v) is 11.4. The number of aliphatic hydroxyl groups is 1. The molecule has 0 aliphatic rings. The van der Waals surface area contributed by atoms with Gasteiger partial charge in [-0.05, 0) is 12.2 Å². The van der Waals surface area contributed by atoms with Crippen LogP contribution in [0.25, 0.3) is 0 Å². The molecule has 1 unspecified atom stereocenters. The number of carbonyl (C=O) groups excluding carboxylic acids is 2. The summed E-state index contributed by atoms with van der Waals surface area (Å²) in [6.45, 7) is 3.69. The Morgan fingerprint density at radius 1 is 0.897 bits per heavy atom. The molecule has 0 radical (unpaired) electrons. The number of carboxylic acids is 1. The van der Waals surface area contributed by atoms with E-state index in [0.29, 0.717) is 12.2 Å². The summed E-state index contributed by atoms with van der Waals surface area (Å²) < 4.78 is 1.88. The molecular formula is C28H51N5O5S. The van der Waals surface area contributed by atoms with Gasteiger partial charge in [-0.1, -0.05) is 95.6 Å². The van der Waals surface area contributed by atoms with Gasteiger partial charge < -0.3 is 20.8 Å². The van der Waals surface area contributed by atoms with E-state index in [1.54, 1.807) is 0 Å². The van der Waals surface area contributed by atoms with Crippen LogP contribution in [-0.2, 0) is 27.3 Å². The van der Waals surface area contributed by atoms with Crippen molar-refractivity contribution in [1.29, 1.82) is 0 Å². The highest BCUT2D eigenvalue weighted by Gasteiger charge is 2.25. The van der Waals surface area contributed by atoms with Crippen LogP contribution in [0.2, 0.25) is 0 Å². The lowest BCUT2D eigenvalue weighted by Gasteiger charge is -2.19. The SMILES string of the molecule is CCCCCCCCCCCCCCCCn1cc(CCSC[C@H](NC(C)=O)C(=O)NC(CO)C(=O)O)nn1. The van der Waals surface area contributed by atoms with Crippen molar-refractivity contribution in [1.82, 2.24) is 25.6 Å². The maximum absolute atomic E-state index is 12.4. The number of aliphatic hydroxyl groups excluding tert-OH is 1. The van der Waals surface area contributed by atoms with Gasteiger partial charge in [-0.15, -0.1) is 5.10 Å². The Hall–Kier alpha value is -2.14. The summed E-state index contributed by atoms with van der Waals surface area (Å²) in [4.78, 5) is 34.9. The normalized spacial score (nSPS) is 12.7. The van der Waals surface area contributed by atoms with Crippen molar-refractivity contribution in [2.75, 3.05) is 18.1 Å². The second-order valence-electron chi connectivity index (χ2n) is 10.2. The predicted octanol–water partition coefficient (Wildman–Crippen LogP) is 4.10. The molecule has 1 aromatic rings. The van der Waals surface area contributed by atoms with E-state index in [4.69, 9.17) is 10.2 Å². The maximum atomic E-state index is 12.4. The molecule has 0 bridgehead atoms. The molecule has 0 aliphatic carbocycles. The molecule has 1 heterocycles. The number of amides is 2. The Balaban J connectivity index is 2.14. The zero-order chi connectivity index (χ0) is 28.7. The van der Waals surface area contributed by atoms with Gasteiger partial charge in [0.25, 0.3) is 0 Å². The van der Waals surface area contributed by atoms with Crippen LogP contribution in [-0.4, -0.2) is 73.2 Å². The summed E-state index contributed by atoms with van der Waals surface area (Å²) in [7, 11) is 0. The number of carboxylic acid groups (broad SMARTS) is 1. The monoisotopic (exact) mass is 569 g/mol. The third-order valence-electron chi connectivity index (χ3n) is 6.61. The van der Waals surface area contributed by atoms with Crippen LogP contribution < -0.4 is 10.6 Å². The number of nitrogens with one attached hydrogen (secondary N) is 2. The minimum absolute atomic E-state index is 0.274. The first kappa shape index (κ1) is 34.9. The average molecular weight is 570 g/mol. The summed E-state index contributed by atoms with van der Waals surface area (Å²) in [5.41, 5.74) is 0.875. The van der Waals surface area contributed by atoms with Gasteiger partial charge in [-0.2, -0.15) is 11.8 Å². The average Bonchev–Trinajstić information content (AvgIpc) is 3.36. The van der Waals surface area contributed by atoms with Crippen molar-refractivity contribution in [3.8, 4) is 0 Å². The molecule has 10 nitrogen and oxygen atoms in total. The van der Waals surface area contributed by atoms with Crippen LogP contribution in [0.15, 0.2) is 6.20 Å². The minimum atomic E-state index is -1.41. The molecule has 0 fully saturated rings. The lowest BCUT2D eigenvalue weighted by Crippen LogP contribution is -2.53. The van der Waals surface area contributed by atoms with Crippen molar-refractivity contribution < 1.29 is 24.6 Å². The quantitative estimate of drug-likeness (QED) is 0.129. The number of nitrogens with zero attached hydrogens (tertiary/aromatic N) is 3. The van der Waals surface area contributed by atoms with Gasteiger partial charge in [-0.3, -0.25) is 14.3 Å². The molecule has 0 saturated carbocycles. The van der Waals surface area contributed by atoms with E-state index in [1.165, 1.54) is 102 Å². The molecule has 2 atom stereocenters. The van der Waals surface area contributed by atoms with Crippen molar-refractivity contribution in [3.63, 3.8) is 0 Å². The Kier molecular flexibility index (Phi) is 20.3. The molecule has 2 amide bonds. The highest BCUT2D eigenvalue weighted by atomic mass is 32.2. The van der Waals surface area contributed by atoms with Crippen molar-refractivity contribution in [3.05, 3.63) is 11.9 Å². The van der Waals surface area contributed by atoms with Gasteiger partial charge in [-0.25, -0.2) is 4.79 Å². The summed E-state index contributed by atoms with van der Waals surface area (Å²) in [6, 6.07) is -2.30. The summed E-state index contributed by atoms with van der Waals surface area (Å²) in [6.07, 6.45) is 21.3. The molecule has 1 rings (SSSR count). The smallest absolute Gasteiger partial charge is 0.328 e. The fourth-order valence-corrected chi connectivity index (χ4v) is 5.29. The summed E-state index contributed by atoms with van der Waals surface area (Å²) >= 11 is 1.46. The number of aryl methyl sites for hydroxylation is 2. The van der Waals surface area contributed by atoms with Gasteiger partial charge in [0.15, 0.2) is 0 Å². The van der Waals surface area contributed by atoms with Crippen LogP contribution in [0, 0.1) is 0 Å². The summed E-state index contributed by atoms with van der Waals surface area (Å²) in [5.74, 6) is -1.42. The van der Waals surface area contributed by atoms with E-state index in [2.05, 4.69) is 27.9 Å². The van der Waals surface area contributed by atoms with E-state index in [1.807, 2.05) is 10.9 Å². The highest BCUT2D eigenvalue weighted by Crippen LogP contribution is 2.13. The molecule has 4 N–H and O–H groups in total. The first-order chi connectivity index (χ1) is 18.9. The van der Waals surface area contributed by atoms with Crippen LogP contribution in [0.4, 0.5) is 0 Å². The molecular weight excluding hydrogens is 518 g/mol. The van der Waals surface area contributed by atoms with E-state index in [0.717, 1.165) is 18.7 Å². The second kappa shape index (κ2) is 22.7. The standard InChI is InChI=1S/C28H51N5O5S/c1-3-4-5-6-7-8-9-10-11-12-13-14-15-16-18-33-20-24(31-32-33)17-19-39-22-26(29-23(2)35)27(36)30-25(21-34)28(37)38/h20,25-26,34H,3-19,21-22H2,1-2H3,(H,29,35)(H,30,36)(H,37,38)/t25?,26-/m0/s1. The van der Waals surface area contributed by atoms with Gasteiger partial charge >= 0.3 is 5.97 Å². The zero-order valence-corrected chi connectivity index (χ0v) is 24.9. The Bertz CT molecular complexity index is 807. The number of aliphatic carboxylic acids is 1. The van der Waals surface area contributed by atoms with E-state index >= 15 is 0 Å². The molecule has 0 spiro atoms. The van der Waals surface area contributed by atoms with Gasteiger partial charge in [0, 0.05) is 31.8 Å². The van der Waals surface area contributed by atoms with E-state index in [9.17, 15) is 14.4 Å². The van der Waals surface area contributed by atoms with Crippen molar-refractivity contribution in [2.24, 2.45) is 0 Å². The Morgan fingerprint density at radius 3 is 1.97 bits per heavy atom. The molecule has 0 aliphatic heterocycles. The Labute approximate surface area is 238 Å². The van der Waals surface area contributed by atoms with Gasteiger partial charge in [0.2, 0.25) is 11.8 Å². The molecule has 224 valence electrons. The Morgan fingerprint density at radius 2 is 1.46 bits per heavy atom. The fraction of sp³-hybridized carbons (Fsp3) is 0.821. The first-order valence-corrected chi connectivity index (χ1v) is 15.9. The number of rotatable bonds is 25. The summed E-state index contributed by atoms with van der Waals surface area (Å²) in [5, 5.41) is 31.3. The fourth-order valence-electron chi connectivity index (χ4n) is 4.29. The zero-order valence-electron chi connectivity index (χ0n) is 24.0. The molecule has 1 aromatic heterocycles. The molecule has 0 aromatic carbocycles. The number of hydrogen-bond donors (Lipinski definition) is 4. The minimum Gasteiger partial charge on any atom is -0.480 e. The molecule has 11 heteroatoms. The molecule has 0 saturated heterocycles. The largest absolute Gasteiger partial charge is 0.480 e. The molecule has 39 heavy (non-hydrogen) atoms. The van der Waals surface area contributed by atoms with E-state index < -0.39 is 36.5 Å². The van der Waals surface area contributed by atoms with E-state index in [-0.39, 0.29) is 5.75 Å². The van der Waals surface area contributed by atoms with Gasteiger partial charge in [0.05, 0.1) is 12.3 Å². The van der Waals surface area contributed by atoms with Crippen LogP contribution in [0.1, 0.15) is 109 Å². The van der Waals surface area contributed by atoms with Crippen molar-refractivity contribution >= 4 is 29.5 Å². The number of carbonyl (C=O) groups is 3. The number of thioether (sulfide) groups is 1. The lowest BCUT2D eigenvalue weighted by molar-refractivity contribution is -0.143. The van der Waals surface area contributed by atoms with Crippen molar-refractivity contribution in [2.45, 2.75) is 129 Å². The predicted molar refractivity (Wildman–Crippen MR) is 156 cm³/mol. The van der Waals surface area contributed by atoms with Crippen LogP contribution in [0.5, 0.6) is 0 Å². The first-order valence-electron chi connectivity index (χ1n) is 14.7.